The highest BCUT2D eigenvalue weighted by Crippen LogP contribution is 2.09. The average molecular weight is 261 g/mol. The van der Waals surface area contributed by atoms with Crippen molar-refractivity contribution in [3.05, 3.63) is 47.6 Å². The third-order valence-electron chi connectivity index (χ3n) is 2.70. The first-order valence-corrected chi connectivity index (χ1v) is 6.00. The van der Waals surface area contributed by atoms with Crippen LogP contribution < -0.4 is 5.32 Å². The lowest BCUT2D eigenvalue weighted by atomic mass is 10.0. The fraction of sp³-hybridized carbons (Fsp3) is 0.308. The number of aromatic nitrogens is 2. The second-order valence-corrected chi connectivity index (χ2v) is 4.10. The highest BCUT2D eigenvalue weighted by atomic mass is 16.5. The normalized spacial score (nSPS) is 10.5. The van der Waals surface area contributed by atoms with Gasteiger partial charge < -0.3 is 14.9 Å². The summed E-state index contributed by atoms with van der Waals surface area (Å²) >= 11 is 0. The number of carbonyl (C=O) groups is 1. The smallest absolute Gasteiger partial charge is 0.307 e. The van der Waals surface area contributed by atoms with Gasteiger partial charge >= 0.3 is 5.97 Å². The lowest BCUT2D eigenvalue weighted by molar-refractivity contribution is -0.136. The molecule has 1 aromatic heterocycles. The molecule has 0 aliphatic carbocycles. The SMILES string of the molecule is O=C(O)Cc1ccccc1CNCCc1ncno1. The summed E-state index contributed by atoms with van der Waals surface area (Å²) in [5.41, 5.74) is 1.83. The van der Waals surface area contributed by atoms with Crippen LogP contribution in [0.4, 0.5) is 0 Å². The summed E-state index contributed by atoms with van der Waals surface area (Å²) < 4.78 is 4.88. The first-order chi connectivity index (χ1) is 9.25. The Morgan fingerprint density at radius 3 is 2.79 bits per heavy atom. The maximum atomic E-state index is 10.8. The summed E-state index contributed by atoms with van der Waals surface area (Å²) in [6.45, 7) is 1.32. The van der Waals surface area contributed by atoms with Crippen LogP contribution in [0.25, 0.3) is 0 Å². The molecule has 19 heavy (non-hydrogen) atoms. The van der Waals surface area contributed by atoms with Crippen molar-refractivity contribution in [3.63, 3.8) is 0 Å². The summed E-state index contributed by atoms with van der Waals surface area (Å²) in [5, 5.41) is 15.6. The van der Waals surface area contributed by atoms with Crippen molar-refractivity contribution in [2.24, 2.45) is 0 Å². The molecule has 2 rings (SSSR count). The van der Waals surface area contributed by atoms with Crippen molar-refractivity contribution in [3.8, 4) is 0 Å². The molecule has 0 unspecified atom stereocenters. The molecule has 6 nitrogen and oxygen atoms in total. The Morgan fingerprint density at radius 1 is 1.32 bits per heavy atom. The predicted octanol–water partition coefficient (Wildman–Crippen LogP) is 1.03. The first-order valence-electron chi connectivity index (χ1n) is 6.00. The van der Waals surface area contributed by atoms with Gasteiger partial charge in [-0.1, -0.05) is 29.4 Å². The monoisotopic (exact) mass is 261 g/mol. The van der Waals surface area contributed by atoms with E-state index in [-0.39, 0.29) is 6.42 Å². The van der Waals surface area contributed by atoms with E-state index >= 15 is 0 Å². The van der Waals surface area contributed by atoms with Gasteiger partial charge in [-0.05, 0) is 11.1 Å². The molecule has 6 heteroatoms. The van der Waals surface area contributed by atoms with Crippen molar-refractivity contribution in [2.75, 3.05) is 6.54 Å². The quantitative estimate of drug-likeness (QED) is 0.724. The van der Waals surface area contributed by atoms with Crippen molar-refractivity contribution in [1.29, 1.82) is 0 Å². The van der Waals surface area contributed by atoms with E-state index in [1.165, 1.54) is 6.33 Å². The van der Waals surface area contributed by atoms with Crippen molar-refractivity contribution >= 4 is 5.97 Å². The van der Waals surface area contributed by atoms with Crippen LogP contribution in [0.15, 0.2) is 35.1 Å². The van der Waals surface area contributed by atoms with Gasteiger partial charge in [-0.3, -0.25) is 4.79 Å². The number of carboxylic acids is 1. The Balaban J connectivity index is 1.83. The summed E-state index contributed by atoms with van der Waals surface area (Å²) in [6, 6.07) is 7.52. The summed E-state index contributed by atoms with van der Waals surface area (Å²) in [7, 11) is 0. The highest BCUT2D eigenvalue weighted by molar-refractivity contribution is 5.70. The number of benzene rings is 1. The Hall–Kier alpha value is -2.21. The predicted molar refractivity (Wildman–Crippen MR) is 67.5 cm³/mol. The lowest BCUT2D eigenvalue weighted by Gasteiger charge is -2.08. The molecule has 0 radical (unpaired) electrons. The number of nitrogens with zero attached hydrogens (tertiary/aromatic N) is 2. The lowest BCUT2D eigenvalue weighted by Crippen LogP contribution is -2.18. The average Bonchev–Trinajstić information content (AvgIpc) is 2.89. The standard InChI is InChI=1S/C13H15N3O3/c17-13(18)7-10-3-1-2-4-11(10)8-14-6-5-12-15-9-16-19-12/h1-4,9,14H,5-8H2,(H,17,18). The molecular weight excluding hydrogens is 246 g/mol. The molecule has 100 valence electrons. The van der Waals surface area contributed by atoms with E-state index in [1.807, 2.05) is 24.3 Å². The molecule has 0 fully saturated rings. The van der Waals surface area contributed by atoms with Crippen LogP contribution in [0.3, 0.4) is 0 Å². The van der Waals surface area contributed by atoms with E-state index in [0.29, 0.717) is 25.4 Å². The number of hydrogen-bond donors (Lipinski definition) is 2. The van der Waals surface area contributed by atoms with E-state index in [2.05, 4.69) is 15.5 Å². The number of carboxylic acid groups (broad SMARTS) is 1. The third-order valence-corrected chi connectivity index (χ3v) is 2.70. The molecule has 0 saturated heterocycles. The molecule has 0 spiro atoms. The van der Waals surface area contributed by atoms with E-state index in [0.717, 1.165) is 11.1 Å². The van der Waals surface area contributed by atoms with Crippen LogP contribution in [-0.4, -0.2) is 27.8 Å². The largest absolute Gasteiger partial charge is 0.481 e. The van der Waals surface area contributed by atoms with Gasteiger partial charge in [0.25, 0.3) is 0 Å². The zero-order chi connectivity index (χ0) is 13.5. The van der Waals surface area contributed by atoms with Crippen LogP contribution in [0.2, 0.25) is 0 Å². The molecule has 2 aromatic rings. The van der Waals surface area contributed by atoms with Gasteiger partial charge in [-0.2, -0.15) is 4.98 Å². The maximum absolute atomic E-state index is 10.8. The topological polar surface area (TPSA) is 88.2 Å². The van der Waals surface area contributed by atoms with E-state index in [1.54, 1.807) is 0 Å². The molecular formula is C13H15N3O3. The molecule has 1 aromatic carbocycles. The molecule has 0 saturated carbocycles. The van der Waals surface area contributed by atoms with Gasteiger partial charge in [-0.25, -0.2) is 0 Å². The molecule has 0 aliphatic rings. The maximum Gasteiger partial charge on any atom is 0.307 e. The molecule has 2 N–H and O–H groups in total. The zero-order valence-electron chi connectivity index (χ0n) is 10.4. The van der Waals surface area contributed by atoms with Gasteiger partial charge in [0.15, 0.2) is 6.33 Å². The van der Waals surface area contributed by atoms with Crippen LogP contribution in [-0.2, 0) is 24.2 Å². The number of rotatable bonds is 7. The second kappa shape index (κ2) is 6.65. The molecule has 0 atom stereocenters. The minimum Gasteiger partial charge on any atom is -0.481 e. The fourth-order valence-electron chi connectivity index (χ4n) is 1.79. The third kappa shape index (κ3) is 4.18. The van der Waals surface area contributed by atoms with Crippen LogP contribution in [0.1, 0.15) is 17.0 Å². The number of hydrogen-bond acceptors (Lipinski definition) is 5. The van der Waals surface area contributed by atoms with Crippen LogP contribution in [0.5, 0.6) is 0 Å². The number of aliphatic carboxylic acids is 1. The van der Waals surface area contributed by atoms with Gasteiger partial charge in [-0.15, -0.1) is 0 Å². The molecule has 0 aliphatic heterocycles. The van der Waals surface area contributed by atoms with Crippen LogP contribution >= 0.6 is 0 Å². The van der Waals surface area contributed by atoms with Gasteiger partial charge in [0.05, 0.1) is 6.42 Å². The van der Waals surface area contributed by atoms with Gasteiger partial charge in [0.2, 0.25) is 5.89 Å². The second-order valence-electron chi connectivity index (χ2n) is 4.10. The molecule has 0 amide bonds. The summed E-state index contributed by atoms with van der Waals surface area (Å²) in [4.78, 5) is 14.7. The fourth-order valence-corrected chi connectivity index (χ4v) is 1.79. The van der Waals surface area contributed by atoms with E-state index < -0.39 is 5.97 Å². The zero-order valence-corrected chi connectivity index (χ0v) is 10.4. The van der Waals surface area contributed by atoms with Gasteiger partial charge in [0, 0.05) is 19.5 Å². The van der Waals surface area contributed by atoms with Crippen LogP contribution in [0, 0.1) is 0 Å². The Kier molecular flexibility index (Phi) is 4.63. The minimum absolute atomic E-state index is 0.0432. The highest BCUT2D eigenvalue weighted by Gasteiger charge is 2.06. The van der Waals surface area contributed by atoms with Crippen molar-refractivity contribution < 1.29 is 14.4 Å². The van der Waals surface area contributed by atoms with Gasteiger partial charge in [0.1, 0.15) is 0 Å². The molecule has 0 bridgehead atoms. The molecule has 1 heterocycles. The minimum atomic E-state index is -0.821. The van der Waals surface area contributed by atoms with Crippen molar-refractivity contribution in [1.82, 2.24) is 15.5 Å². The Morgan fingerprint density at radius 2 is 2.11 bits per heavy atom. The summed E-state index contributed by atoms with van der Waals surface area (Å²) in [6.07, 6.45) is 2.07. The van der Waals surface area contributed by atoms with E-state index in [9.17, 15) is 4.79 Å². The number of nitrogens with one attached hydrogen (secondary N) is 1. The first kappa shape index (κ1) is 13.2. The van der Waals surface area contributed by atoms with Crippen molar-refractivity contribution in [2.45, 2.75) is 19.4 Å². The summed E-state index contributed by atoms with van der Waals surface area (Å²) in [5.74, 6) is -0.232. The Labute approximate surface area is 110 Å². The Bertz CT molecular complexity index is 526. The van der Waals surface area contributed by atoms with E-state index in [4.69, 9.17) is 9.63 Å².